The number of thiophene rings is 1. The summed E-state index contributed by atoms with van der Waals surface area (Å²) in [6, 6.07) is 1.46. The minimum atomic E-state index is -3.57. The molecule has 0 aliphatic carbocycles. The SMILES string of the molecule is CCOC(C)CNS(=O)(=O)c1cc(CO)sc1Br. The van der Waals surface area contributed by atoms with Crippen LogP contribution in [0.25, 0.3) is 0 Å². The van der Waals surface area contributed by atoms with E-state index in [-0.39, 0.29) is 24.2 Å². The van der Waals surface area contributed by atoms with Crippen LogP contribution < -0.4 is 4.72 Å². The van der Waals surface area contributed by atoms with E-state index in [1.54, 1.807) is 6.92 Å². The van der Waals surface area contributed by atoms with Gasteiger partial charge in [-0.3, -0.25) is 0 Å². The number of hydrogen-bond acceptors (Lipinski definition) is 5. The van der Waals surface area contributed by atoms with Gasteiger partial charge in [0.1, 0.15) is 4.90 Å². The normalized spacial score (nSPS) is 13.8. The maximum Gasteiger partial charge on any atom is 0.242 e. The third-order valence-electron chi connectivity index (χ3n) is 2.16. The van der Waals surface area contributed by atoms with Gasteiger partial charge >= 0.3 is 0 Å². The summed E-state index contributed by atoms with van der Waals surface area (Å²) in [6.45, 7) is 4.24. The van der Waals surface area contributed by atoms with Gasteiger partial charge in [0.25, 0.3) is 0 Å². The largest absolute Gasteiger partial charge is 0.391 e. The third kappa shape index (κ3) is 4.29. The minimum absolute atomic E-state index is 0.153. The smallest absolute Gasteiger partial charge is 0.242 e. The first-order chi connectivity index (χ1) is 8.40. The molecule has 1 heterocycles. The van der Waals surface area contributed by atoms with Crippen molar-refractivity contribution < 1.29 is 18.3 Å². The van der Waals surface area contributed by atoms with Crippen LogP contribution in [0.15, 0.2) is 14.7 Å². The fourth-order valence-corrected chi connectivity index (χ4v) is 4.96. The molecule has 1 unspecified atom stereocenters. The van der Waals surface area contributed by atoms with Gasteiger partial charge in [-0.25, -0.2) is 13.1 Å². The molecule has 0 aromatic carbocycles. The molecule has 18 heavy (non-hydrogen) atoms. The molecule has 0 saturated heterocycles. The first-order valence-electron chi connectivity index (χ1n) is 5.41. The molecule has 0 radical (unpaired) electrons. The lowest BCUT2D eigenvalue weighted by atomic mass is 10.4. The second kappa shape index (κ2) is 6.97. The topological polar surface area (TPSA) is 75.6 Å². The van der Waals surface area contributed by atoms with Crippen molar-refractivity contribution in [3.05, 3.63) is 14.7 Å². The Balaban J connectivity index is 2.76. The van der Waals surface area contributed by atoms with Gasteiger partial charge in [0.15, 0.2) is 0 Å². The molecule has 8 heteroatoms. The van der Waals surface area contributed by atoms with E-state index < -0.39 is 10.0 Å². The van der Waals surface area contributed by atoms with Crippen LogP contribution in [0, 0.1) is 0 Å². The summed E-state index contributed by atoms with van der Waals surface area (Å²) >= 11 is 4.39. The molecule has 0 bridgehead atoms. The number of nitrogens with one attached hydrogen (secondary N) is 1. The molecule has 5 nitrogen and oxygen atoms in total. The first kappa shape index (κ1) is 16.1. The minimum Gasteiger partial charge on any atom is -0.391 e. The van der Waals surface area contributed by atoms with Crippen molar-refractivity contribution in [2.45, 2.75) is 31.5 Å². The third-order valence-corrected chi connectivity index (χ3v) is 5.82. The number of aliphatic hydroxyl groups excluding tert-OH is 1. The number of aliphatic hydroxyl groups is 1. The van der Waals surface area contributed by atoms with Crippen molar-refractivity contribution in [3.63, 3.8) is 0 Å². The summed E-state index contributed by atoms with van der Waals surface area (Å²) in [7, 11) is -3.57. The summed E-state index contributed by atoms with van der Waals surface area (Å²) in [5.41, 5.74) is 0. The second-order valence-corrected chi connectivity index (χ2v) is 7.82. The highest BCUT2D eigenvalue weighted by atomic mass is 79.9. The van der Waals surface area contributed by atoms with Gasteiger partial charge in [-0.05, 0) is 35.8 Å². The summed E-state index contributed by atoms with van der Waals surface area (Å²) in [5, 5.41) is 8.98. The van der Waals surface area contributed by atoms with E-state index in [2.05, 4.69) is 20.7 Å². The zero-order valence-electron chi connectivity index (χ0n) is 10.1. The summed E-state index contributed by atoms with van der Waals surface area (Å²) < 4.78 is 32.3. The molecule has 104 valence electrons. The van der Waals surface area contributed by atoms with Crippen molar-refractivity contribution in [1.29, 1.82) is 0 Å². The summed E-state index contributed by atoms with van der Waals surface area (Å²) in [4.78, 5) is 0.750. The molecule has 1 aromatic rings. The number of sulfonamides is 1. The Kier molecular flexibility index (Phi) is 6.22. The Hall–Kier alpha value is 0.01000. The molecule has 0 saturated carbocycles. The Bertz CT molecular complexity index is 486. The van der Waals surface area contributed by atoms with Crippen molar-refractivity contribution in [2.75, 3.05) is 13.2 Å². The van der Waals surface area contributed by atoms with Crippen LogP contribution in [0.5, 0.6) is 0 Å². The highest BCUT2D eigenvalue weighted by Gasteiger charge is 2.21. The van der Waals surface area contributed by atoms with Crippen molar-refractivity contribution >= 4 is 37.3 Å². The second-order valence-electron chi connectivity index (χ2n) is 3.63. The highest BCUT2D eigenvalue weighted by molar-refractivity contribution is 9.11. The van der Waals surface area contributed by atoms with Gasteiger partial charge in [0, 0.05) is 18.0 Å². The van der Waals surface area contributed by atoms with Crippen LogP contribution in [0.4, 0.5) is 0 Å². The van der Waals surface area contributed by atoms with E-state index in [0.29, 0.717) is 15.3 Å². The molecule has 0 aliphatic heterocycles. The average Bonchev–Trinajstić information content (AvgIpc) is 2.69. The van der Waals surface area contributed by atoms with E-state index >= 15 is 0 Å². The lowest BCUT2D eigenvalue weighted by Crippen LogP contribution is -2.32. The van der Waals surface area contributed by atoms with Gasteiger partial charge in [-0.1, -0.05) is 0 Å². The number of halogens is 1. The van der Waals surface area contributed by atoms with E-state index in [9.17, 15) is 8.42 Å². The number of rotatable bonds is 7. The van der Waals surface area contributed by atoms with Gasteiger partial charge in [0.05, 0.1) is 16.5 Å². The summed E-state index contributed by atoms with van der Waals surface area (Å²) in [6.07, 6.45) is -0.181. The van der Waals surface area contributed by atoms with Gasteiger partial charge in [-0.2, -0.15) is 0 Å². The van der Waals surface area contributed by atoms with E-state index in [1.807, 2.05) is 6.92 Å². The fraction of sp³-hybridized carbons (Fsp3) is 0.600. The standard InChI is InChI=1S/C10H16BrNO4S2/c1-3-16-7(2)5-12-18(14,15)9-4-8(6-13)17-10(9)11/h4,7,12-13H,3,5-6H2,1-2H3. The molecule has 0 fully saturated rings. The van der Waals surface area contributed by atoms with E-state index in [1.165, 1.54) is 17.4 Å². The molecular formula is C10H16BrNO4S2. The van der Waals surface area contributed by atoms with E-state index in [0.717, 1.165) is 0 Å². The number of ether oxygens (including phenoxy) is 1. The maximum absolute atomic E-state index is 12.0. The molecule has 1 rings (SSSR count). The zero-order chi connectivity index (χ0) is 13.8. The van der Waals surface area contributed by atoms with E-state index in [4.69, 9.17) is 9.84 Å². The monoisotopic (exact) mass is 357 g/mol. The highest BCUT2D eigenvalue weighted by Crippen LogP contribution is 2.31. The van der Waals surface area contributed by atoms with Crippen LogP contribution >= 0.6 is 27.3 Å². The maximum atomic E-state index is 12.0. The Morgan fingerprint density at radius 3 is 2.78 bits per heavy atom. The molecule has 1 aromatic heterocycles. The number of hydrogen-bond donors (Lipinski definition) is 2. The van der Waals surface area contributed by atoms with Crippen LogP contribution in [-0.2, 0) is 21.4 Å². The molecule has 0 amide bonds. The van der Waals surface area contributed by atoms with Crippen LogP contribution in [0.1, 0.15) is 18.7 Å². The zero-order valence-corrected chi connectivity index (χ0v) is 13.4. The Morgan fingerprint density at radius 1 is 1.61 bits per heavy atom. The van der Waals surface area contributed by atoms with Gasteiger partial charge in [0.2, 0.25) is 10.0 Å². The van der Waals surface area contributed by atoms with Gasteiger partial charge < -0.3 is 9.84 Å². The molecular weight excluding hydrogens is 342 g/mol. The first-order valence-corrected chi connectivity index (χ1v) is 8.50. The summed E-state index contributed by atoms with van der Waals surface area (Å²) in [5.74, 6) is 0. The Labute approximate surface area is 119 Å². The lowest BCUT2D eigenvalue weighted by Gasteiger charge is -2.12. The van der Waals surface area contributed by atoms with Crippen molar-refractivity contribution in [2.24, 2.45) is 0 Å². The van der Waals surface area contributed by atoms with Crippen LogP contribution in [0.2, 0.25) is 0 Å². The lowest BCUT2D eigenvalue weighted by molar-refractivity contribution is 0.0799. The van der Waals surface area contributed by atoms with Crippen molar-refractivity contribution in [3.8, 4) is 0 Å². The van der Waals surface area contributed by atoms with Crippen LogP contribution in [-0.4, -0.2) is 32.8 Å². The fourth-order valence-electron chi connectivity index (χ4n) is 1.31. The van der Waals surface area contributed by atoms with Crippen molar-refractivity contribution in [1.82, 2.24) is 4.72 Å². The van der Waals surface area contributed by atoms with Gasteiger partial charge in [-0.15, -0.1) is 11.3 Å². The predicted molar refractivity (Wildman–Crippen MR) is 74.2 cm³/mol. The van der Waals surface area contributed by atoms with Crippen LogP contribution in [0.3, 0.4) is 0 Å². The average molecular weight is 358 g/mol. The predicted octanol–water partition coefficient (Wildman–Crippen LogP) is 1.71. The molecule has 1 atom stereocenters. The Morgan fingerprint density at radius 2 is 2.28 bits per heavy atom. The molecule has 0 aliphatic rings. The molecule has 0 spiro atoms. The quantitative estimate of drug-likeness (QED) is 0.778. The molecule has 2 N–H and O–H groups in total.